The van der Waals surface area contributed by atoms with E-state index in [1.54, 1.807) is 23.9 Å². The number of carbonyl (C=O) groups is 1. The number of hydrogen-bond acceptors (Lipinski definition) is 4. The van der Waals surface area contributed by atoms with Crippen LogP contribution >= 0.6 is 11.6 Å². The maximum absolute atomic E-state index is 12.2. The molecule has 2 unspecified atom stereocenters. The van der Waals surface area contributed by atoms with Crippen molar-refractivity contribution in [3.05, 3.63) is 30.3 Å². The van der Waals surface area contributed by atoms with E-state index < -0.39 is 5.38 Å². The second kappa shape index (κ2) is 5.93. The topological polar surface area (TPSA) is 45.1 Å². The van der Waals surface area contributed by atoms with Gasteiger partial charge in [-0.2, -0.15) is 0 Å². The number of rotatable bonds is 4. The highest BCUT2D eigenvalue weighted by atomic mass is 35.5. The Morgan fingerprint density at radius 2 is 2.21 bits per heavy atom. The van der Waals surface area contributed by atoms with Crippen molar-refractivity contribution in [1.29, 1.82) is 0 Å². The quantitative estimate of drug-likeness (QED) is 0.792. The van der Waals surface area contributed by atoms with Crippen molar-refractivity contribution in [3.63, 3.8) is 0 Å². The average molecular weight is 282 g/mol. The Labute approximate surface area is 117 Å². The molecule has 2 rings (SSSR count). The number of nitrogens with zero attached hydrogens (tertiary/aromatic N) is 3. The Balaban J connectivity index is 2.18. The van der Waals surface area contributed by atoms with Crippen LogP contribution < -0.4 is 4.90 Å². The van der Waals surface area contributed by atoms with Crippen molar-refractivity contribution in [2.75, 3.05) is 18.5 Å². The molecule has 0 aromatic heterocycles. The Hall–Kier alpha value is -1.75. The second-order valence-electron chi connectivity index (χ2n) is 4.29. The van der Waals surface area contributed by atoms with Gasteiger partial charge in [-0.15, -0.1) is 16.7 Å². The summed E-state index contributed by atoms with van der Waals surface area (Å²) in [6.45, 7) is 2.03. The zero-order valence-electron chi connectivity index (χ0n) is 10.9. The van der Waals surface area contributed by atoms with Crippen molar-refractivity contribution in [1.82, 2.24) is 5.01 Å². The van der Waals surface area contributed by atoms with Crippen LogP contribution in [0.3, 0.4) is 0 Å². The number of carbonyl (C=O) groups excluding carboxylic acids is 1. The number of hydrazone groups is 1. The Kier molecular flexibility index (Phi) is 4.27. The molecule has 1 aliphatic rings. The van der Waals surface area contributed by atoms with Gasteiger partial charge in [0.25, 0.3) is 0 Å². The summed E-state index contributed by atoms with van der Waals surface area (Å²) in [6.07, 6.45) is 1.09. The first-order valence-corrected chi connectivity index (χ1v) is 6.44. The fourth-order valence-corrected chi connectivity index (χ4v) is 1.91. The molecule has 1 aromatic carbocycles. The molecule has 0 N–H and O–H groups in total. The van der Waals surface area contributed by atoms with Crippen LogP contribution in [-0.4, -0.2) is 42.5 Å². The highest BCUT2D eigenvalue weighted by Gasteiger charge is 2.27. The first kappa shape index (κ1) is 13.7. The van der Waals surface area contributed by atoms with Gasteiger partial charge >= 0.3 is 0 Å². The predicted octanol–water partition coefficient (Wildman–Crippen LogP) is 1.88. The molecule has 1 aromatic rings. The van der Waals surface area contributed by atoms with E-state index in [0.717, 1.165) is 5.69 Å². The van der Waals surface area contributed by atoms with Gasteiger partial charge in [0, 0.05) is 12.7 Å². The molecule has 19 heavy (non-hydrogen) atoms. The van der Waals surface area contributed by atoms with Gasteiger partial charge in [0.15, 0.2) is 6.40 Å². The van der Waals surface area contributed by atoms with Crippen LogP contribution in [0.1, 0.15) is 6.92 Å². The van der Waals surface area contributed by atoms with Crippen LogP contribution in [0.25, 0.3) is 0 Å². The van der Waals surface area contributed by atoms with Crippen LogP contribution in [0.15, 0.2) is 35.4 Å². The molecule has 102 valence electrons. The zero-order valence-corrected chi connectivity index (χ0v) is 11.6. The van der Waals surface area contributed by atoms with Crippen LogP contribution in [0.5, 0.6) is 0 Å². The third-order valence-electron chi connectivity index (χ3n) is 2.88. The average Bonchev–Trinajstić information content (AvgIpc) is 2.81. The molecule has 0 saturated carbocycles. The maximum atomic E-state index is 12.2. The molecule has 1 heterocycles. The summed E-state index contributed by atoms with van der Waals surface area (Å²) in [6, 6.07) is 9.39. The number of amides is 1. The van der Waals surface area contributed by atoms with Crippen molar-refractivity contribution in [3.8, 4) is 0 Å². The van der Waals surface area contributed by atoms with Gasteiger partial charge in [-0.25, -0.2) is 0 Å². The first-order valence-electron chi connectivity index (χ1n) is 6.01. The summed E-state index contributed by atoms with van der Waals surface area (Å²) in [4.78, 5) is 13.8. The lowest BCUT2D eigenvalue weighted by molar-refractivity contribution is -0.118. The molecule has 0 fully saturated rings. The van der Waals surface area contributed by atoms with E-state index in [0.29, 0.717) is 6.54 Å². The van der Waals surface area contributed by atoms with E-state index in [9.17, 15) is 4.79 Å². The fourth-order valence-electron chi connectivity index (χ4n) is 1.80. The van der Waals surface area contributed by atoms with Crippen LogP contribution in [0.4, 0.5) is 5.69 Å². The summed E-state index contributed by atoms with van der Waals surface area (Å²) >= 11 is 5.92. The molecule has 0 saturated heterocycles. The number of halogens is 1. The minimum Gasteiger partial charge on any atom is -0.455 e. The van der Waals surface area contributed by atoms with E-state index in [1.165, 1.54) is 6.40 Å². The van der Waals surface area contributed by atoms with Gasteiger partial charge in [-0.05, 0) is 19.1 Å². The van der Waals surface area contributed by atoms with Gasteiger partial charge in [0.1, 0.15) is 5.38 Å². The standard InChI is InChI=1S/C13H16ClN3O2/c1-10(14)13(18)17(11-6-4-3-5-7-11)8-12-16(2)15-9-19-12/h3-7,9-10,12H,8H2,1-2H3. The minimum atomic E-state index is -0.590. The molecular weight excluding hydrogens is 266 g/mol. The Morgan fingerprint density at radius 3 is 2.74 bits per heavy atom. The highest BCUT2D eigenvalue weighted by molar-refractivity contribution is 6.32. The lowest BCUT2D eigenvalue weighted by Crippen LogP contribution is -2.44. The number of ether oxygens (including phenoxy) is 1. The molecule has 0 spiro atoms. The smallest absolute Gasteiger partial charge is 0.244 e. The third kappa shape index (κ3) is 3.17. The van der Waals surface area contributed by atoms with E-state index in [2.05, 4.69) is 5.10 Å². The fraction of sp³-hybridized carbons (Fsp3) is 0.385. The molecule has 0 radical (unpaired) electrons. The molecule has 2 atom stereocenters. The minimum absolute atomic E-state index is 0.156. The lowest BCUT2D eigenvalue weighted by Gasteiger charge is -2.28. The Morgan fingerprint density at radius 1 is 1.53 bits per heavy atom. The van der Waals surface area contributed by atoms with Crippen LogP contribution in [-0.2, 0) is 9.53 Å². The molecule has 5 nitrogen and oxygen atoms in total. The highest BCUT2D eigenvalue weighted by Crippen LogP contribution is 2.19. The van der Waals surface area contributed by atoms with Crippen LogP contribution in [0, 0.1) is 0 Å². The molecule has 6 heteroatoms. The van der Waals surface area contributed by atoms with E-state index >= 15 is 0 Å². The van der Waals surface area contributed by atoms with Gasteiger partial charge in [-0.3, -0.25) is 9.80 Å². The second-order valence-corrected chi connectivity index (χ2v) is 4.94. The molecule has 1 amide bonds. The first-order chi connectivity index (χ1) is 9.09. The van der Waals surface area contributed by atoms with E-state index in [4.69, 9.17) is 16.3 Å². The number of para-hydroxylation sites is 1. The summed E-state index contributed by atoms with van der Waals surface area (Å²) in [5, 5.41) is 5.06. The molecule has 0 bridgehead atoms. The number of anilines is 1. The number of alkyl halides is 1. The van der Waals surface area contributed by atoms with E-state index in [1.807, 2.05) is 30.3 Å². The number of benzene rings is 1. The van der Waals surface area contributed by atoms with Gasteiger partial charge in [0.05, 0.1) is 6.54 Å². The van der Waals surface area contributed by atoms with Gasteiger partial charge in [-0.1, -0.05) is 18.2 Å². The van der Waals surface area contributed by atoms with E-state index in [-0.39, 0.29) is 12.1 Å². The monoisotopic (exact) mass is 281 g/mol. The molecular formula is C13H16ClN3O2. The van der Waals surface area contributed by atoms with Gasteiger partial charge < -0.3 is 9.64 Å². The molecule has 1 aliphatic heterocycles. The summed E-state index contributed by atoms with van der Waals surface area (Å²) in [5.41, 5.74) is 0.795. The van der Waals surface area contributed by atoms with Crippen molar-refractivity contribution in [2.45, 2.75) is 18.5 Å². The third-order valence-corrected chi connectivity index (χ3v) is 3.06. The van der Waals surface area contributed by atoms with Crippen molar-refractivity contribution in [2.24, 2.45) is 5.10 Å². The number of hydrogen-bond donors (Lipinski definition) is 0. The molecule has 0 aliphatic carbocycles. The predicted molar refractivity (Wildman–Crippen MR) is 75.2 cm³/mol. The SMILES string of the molecule is CC(Cl)C(=O)N(CC1OC=NN1C)c1ccccc1. The van der Waals surface area contributed by atoms with Gasteiger partial charge in [0.2, 0.25) is 12.1 Å². The van der Waals surface area contributed by atoms with Crippen LogP contribution in [0.2, 0.25) is 0 Å². The normalized spacial score (nSPS) is 19.1. The summed E-state index contributed by atoms with van der Waals surface area (Å²) < 4.78 is 5.34. The number of likely N-dealkylation sites (N-methyl/N-ethyl adjacent to an activating group) is 1. The zero-order chi connectivity index (χ0) is 13.8. The maximum Gasteiger partial charge on any atom is 0.244 e. The van der Waals surface area contributed by atoms with Crippen molar-refractivity contribution >= 4 is 29.6 Å². The lowest BCUT2D eigenvalue weighted by atomic mass is 10.2. The Bertz CT molecular complexity index is 464. The summed E-state index contributed by atoms with van der Waals surface area (Å²) in [5.74, 6) is -0.156. The summed E-state index contributed by atoms with van der Waals surface area (Å²) in [7, 11) is 1.80. The largest absolute Gasteiger partial charge is 0.455 e. The van der Waals surface area contributed by atoms with Crippen molar-refractivity contribution < 1.29 is 9.53 Å².